The van der Waals surface area contributed by atoms with Gasteiger partial charge in [0.05, 0.1) is 15.6 Å². The Labute approximate surface area is 128 Å². The minimum atomic E-state index is -0.158. The van der Waals surface area contributed by atoms with Gasteiger partial charge in [0, 0.05) is 11.6 Å². The van der Waals surface area contributed by atoms with E-state index in [-0.39, 0.29) is 11.2 Å². The lowest BCUT2D eigenvalue weighted by molar-refractivity contribution is 0.475. The summed E-state index contributed by atoms with van der Waals surface area (Å²) in [5.41, 5.74) is 7.36. The van der Waals surface area contributed by atoms with Crippen LogP contribution in [0.2, 0.25) is 0 Å². The molecule has 0 saturated heterocycles. The van der Waals surface area contributed by atoms with E-state index in [1.54, 1.807) is 36.4 Å². The van der Waals surface area contributed by atoms with Crippen LogP contribution in [-0.2, 0) is 0 Å². The number of thiazole rings is 1. The standard InChI is InChI=1S/C16H10N2O3S/c17-16-18-10-4-5-12-14(15(10)22-16)11(20)7-13(21-12)8-2-1-3-9(19)6-8/h1-7,19H,(H2,17,18). The van der Waals surface area contributed by atoms with Crippen LogP contribution >= 0.6 is 11.3 Å². The van der Waals surface area contributed by atoms with Crippen molar-refractivity contribution >= 4 is 37.7 Å². The number of hydrogen-bond donors (Lipinski definition) is 2. The summed E-state index contributed by atoms with van der Waals surface area (Å²) in [6.07, 6.45) is 0. The average molecular weight is 310 g/mol. The normalized spacial score (nSPS) is 11.3. The summed E-state index contributed by atoms with van der Waals surface area (Å²) in [7, 11) is 0. The van der Waals surface area contributed by atoms with Crippen LogP contribution in [-0.4, -0.2) is 10.1 Å². The zero-order valence-corrected chi connectivity index (χ0v) is 12.1. The van der Waals surface area contributed by atoms with E-state index in [1.165, 1.54) is 17.4 Å². The molecule has 0 aliphatic rings. The van der Waals surface area contributed by atoms with E-state index in [4.69, 9.17) is 10.2 Å². The van der Waals surface area contributed by atoms with E-state index in [2.05, 4.69) is 4.98 Å². The van der Waals surface area contributed by atoms with Gasteiger partial charge in [0.2, 0.25) is 0 Å². The molecule has 0 saturated carbocycles. The Morgan fingerprint density at radius 1 is 1.18 bits per heavy atom. The quantitative estimate of drug-likeness (QED) is 0.562. The van der Waals surface area contributed by atoms with Crippen LogP contribution in [0.25, 0.3) is 32.5 Å². The van der Waals surface area contributed by atoms with E-state index in [0.29, 0.717) is 32.9 Å². The van der Waals surface area contributed by atoms with E-state index in [1.807, 2.05) is 0 Å². The van der Waals surface area contributed by atoms with Crippen molar-refractivity contribution in [2.75, 3.05) is 5.73 Å². The molecule has 0 unspecified atom stereocenters. The maximum absolute atomic E-state index is 12.5. The summed E-state index contributed by atoms with van der Waals surface area (Å²) in [5, 5.41) is 10.5. The monoisotopic (exact) mass is 310 g/mol. The van der Waals surface area contributed by atoms with Gasteiger partial charge in [-0.25, -0.2) is 4.98 Å². The number of hydrogen-bond acceptors (Lipinski definition) is 6. The molecule has 0 radical (unpaired) electrons. The highest BCUT2D eigenvalue weighted by molar-refractivity contribution is 7.22. The van der Waals surface area contributed by atoms with Gasteiger partial charge in [-0.05, 0) is 24.3 Å². The largest absolute Gasteiger partial charge is 0.508 e. The highest BCUT2D eigenvalue weighted by atomic mass is 32.1. The summed E-state index contributed by atoms with van der Waals surface area (Å²) in [5.74, 6) is 0.524. The van der Waals surface area contributed by atoms with Gasteiger partial charge in [-0.15, -0.1) is 0 Å². The van der Waals surface area contributed by atoms with Gasteiger partial charge < -0.3 is 15.3 Å². The summed E-state index contributed by atoms with van der Waals surface area (Å²) in [4.78, 5) is 16.7. The van der Waals surface area contributed by atoms with Crippen LogP contribution in [0.3, 0.4) is 0 Å². The predicted molar refractivity (Wildman–Crippen MR) is 87.2 cm³/mol. The second-order valence-electron chi connectivity index (χ2n) is 4.86. The smallest absolute Gasteiger partial charge is 0.194 e. The molecule has 0 fully saturated rings. The second-order valence-corrected chi connectivity index (χ2v) is 5.89. The fourth-order valence-electron chi connectivity index (χ4n) is 2.45. The van der Waals surface area contributed by atoms with Crippen LogP contribution in [0, 0.1) is 0 Å². The Kier molecular flexibility index (Phi) is 2.67. The molecule has 108 valence electrons. The molecule has 0 bridgehead atoms. The number of nitrogens with zero attached hydrogens (tertiary/aromatic N) is 1. The van der Waals surface area contributed by atoms with E-state index < -0.39 is 0 Å². The molecule has 2 aromatic heterocycles. The number of aromatic nitrogens is 1. The van der Waals surface area contributed by atoms with Gasteiger partial charge in [0.25, 0.3) is 0 Å². The minimum Gasteiger partial charge on any atom is -0.508 e. The van der Waals surface area contributed by atoms with Crippen LogP contribution in [0.4, 0.5) is 5.13 Å². The molecule has 22 heavy (non-hydrogen) atoms. The SMILES string of the molecule is Nc1nc2ccc3oc(-c4cccc(O)c4)cc(=O)c3c2s1. The van der Waals surface area contributed by atoms with E-state index in [9.17, 15) is 9.90 Å². The van der Waals surface area contributed by atoms with Crippen molar-refractivity contribution in [2.45, 2.75) is 0 Å². The van der Waals surface area contributed by atoms with Gasteiger partial charge in [-0.3, -0.25) is 4.79 Å². The Morgan fingerprint density at radius 3 is 2.86 bits per heavy atom. The third-order valence-corrected chi connectivity index (χ3v) is 4.31. The lowest BCUT2D eigenvalue weighted by Gasteiger charge is -2.04. The number of phenols is 1. The number of rotatable bonds is 1. The third-order valence-electron chi connectivity index (χ3n) is 3.40. The van der Waals surface area contributed by atoms with Gasteiger partial charge in [-0.1, -0.05) is 23.5 Å². The summed E-state index contributed by atoms with van der Waals surface area (Å²) < 4.78 is 6.56. The predicted octanol–water partition coefficient (Wildman–Crippen LogP) is 3.36. The van der Waals surface area contributed by atoms with E-state index in [0.717, 1.165) is 4.70 Å². The molecule has 0 amide bonds. The Morgan fingerprint density at radius 2 is 2.05 bits per heavy atom. The first-order valence-corrected chi connectivity index (χ1v) is 7.36. The van der Waals surface area contributed by atoms with Crippen LogP contribution in [0.15, 0.2) is 51.7 Å². The Bertz CT molecular complexity index is 1080. The highest BCUT2D eigenvalue weighted by Crippen LogP contribution is 2.32. The first kappa shape index (κ1) is 12.8. The van der Waals surface area contributed by atoms with E-state index >= 15 is 0 Å². The molecule has 0 atom stereocenters. The second kappa shape index (κ2) is 4.57. The molecule has 5 nitrogen and oxygen atoms in total. The minimum absolute atomic E-state index is 0.117. The van der Waals surface area contributed by atoms with Crippen LogP contribution in [0.1, 0.15) is 0 Å². The molecular weight excluding hydrogens is 300 g/mol. The van der Waals surface area contributed by atoms with Gasteiger partial charge in [0.15, 0.2) is 10.6 Å². The topological polar surface area (TPSA) is 89.3 Å². The molecule has 0 aliphatic carbocycles. The van der Waals surface area contributed by atoms with Gasteiger partial charge in [0.1, 0.15) is 17.1 Å². The number of nitrogen functional groups attached to an aromatic ring is 1. The average Bonchev–Trinajstić information content (AvgIpc) is 2.87. The van der Waals surface area contributed by atoms with Crippen molar-refractivity contribution in [3.05, 3.63) is 52.7 Å². The molecule has 0 aliphatic heterocycles. The summed E-state index contributed by atoms with van der Waals surface area (Å²) >= 11 is 1.27. The molecule has 3 N–H and O–H groups in total. The maximum Gasteiger partial charge on any atom is 0.194 e. The number of anilines is 1. The number of phenolic OH excluding ortho intramolecular Hbond substituents is 1. The zero-order valence-electron chi connectivity index (χ0n) is 11.2. The van der Waals surface area contributed by atoms with Crippen molar-refractivity contribution in [2.24, 2.45) is 0 Å². The lowest BCUT2D eigenvalue weighted by atomic mass is 10.1. The Hall–Kier alpha value is -2.86. The maximum atomic E-state index is 12.5. The highest BCUT2D eigenvalue weighted by Gasteiger charge is 2.13. The van der Waals surface area contributed by atoms with Crippen molar-refractivity contribution in [1.29, 1.82) is 0 Å². The van der Waals surface area contributed by atoms with Crippen LogP contribution in [0.5, 0.6) is 5.75 Å². The Balaban J connectivity index is 2.05. The number of benzene rings is 2. The molecule has 2 heterocycles. The molecule has 4 rings (SSSR count). The van der Waals surface area contributed by atoms with Crippen LogP contribution < -0.4 is 11.2 Å². The zero-order chi connectivity index (χ0) is 15.3. The summed E-state index contributed by atoms with van der Waals surface area (Å²) in [6.45, 7) is 0. The van der Waals surface area contributed by atoms with Gasteiger partial charge >= 0.3 is 0 Å². The molecule has 2 aromatic carbocycles. The molecular formula is C16H10N2O3S. The summed E-state index contributed by atoms with van der Waals surface area (Å²) in [6, 6.07) is 11.5. The fourth-order valence-corrected chi connectivity index (χ4v) is 3.32. The van der Waals surface area contributed by atoms with Gasteiger partial charge in [-0.2, -0.15) is 0 Å². The molecule has 0 spiro atoms. The first-order valence-electron chi connectivity index (χ1n) is 6.54. The fraction of sp³-hybridized carbons (Fsp3) is 0. The van der Waals surface area contributed by atoms with Crippen molar-refractivity contribution in [3.63, 3.8) is 0 Å². The number of nitrogens with two attached hydrogens (primary N) is 1. The molecule has 6 heteroatoms. The number of aromatic hydroxyl groups is 1. The lowest BCUT2D eigenvalue weighted by Crippen LogP contribution is -2.00. The third kappa shape index (κ3) is 1.93. The van der Waals surface area contributed by atoms with Crippen molar-refractivity contribution < 1.29 is 9.52 Å². The first-order chi connectivity index (χ1) is 10.6. The molecule has 4 aromatic rings. The van der Waals surface area contributed by atoms with Crippen molar-refractivity contribution in [1.82, 2.24) is 4.98 Å². The van der Waals surface area contributed by atoms with Crippen molar-refractivity contribution in [3.8, 4) is 17.1 Å². The number of fused-ring (bicyclic) bond motifs is 3.